The summed E-state index contributed by atoms with van der Waals surface area (Å²) in [6, 6.07) is 5.11. The third-order valence-electron chi connectivity index (χ3n) is 3.39. The smallest absolute Gasteiger partial charge is 0.253 e. The van der Waals surface area contributed by atoms with E-state index < -0.39 is 0 Å². The van der Waals surface area contributed by atoms with Gasteiger partial charge in [-0.15, -0.1) is 0 Å². The predicted octanol–water partition coefficient (Wildman–Crippen LogP) is 4.43. The van der Waals surface area contributed by atoms with Crippen LogP contribution in [0, 0.1) is 0 Å². The fourth-order valence-electron chi connectivity index (χ4n) is 2.33. The van der Waals surface area contributed by atoms with Crippen LogP contribution in [0.5, 0.6) is 0 Å². The first-order chi connectivity index (χ1) is 8.58. The first-order valence-electron chi connectivity index (χ1n) is 5.90. The molecule has 1 aliphatic rings. The van der Waals surface area contributed by atoms with Crippen molar-refractivity contribution in [3.8, 4) is 0 Å². The molecule has 0 atom stereocenters. The van der Waals surface area contributed by atoms with E-state index in [1.807, 2.05) is 0 Å². The zero-order valence-corrected chi connectivity index (χ0v) is 12.9. The van der Waals surface area contributed by atoms with E-state index in [9.17, 15) is 4.79 Å². The second-order valence-electron chi connectivity index (χ2n) is 4.68. The fourth-order valence-corrected chi connectivity index (χ4v) is 3.42. The molecule has 0 aromatic heterocycles. The maximum absolute atomic E-state index is 12.3. The Balaban J connectivity index is 2.19. The SMILES string of the molecule is O=C(NC1(CBr)CCCC1)c1cccc(Cl)c1Cl. The van der Waals surface area contributed by atoms with Crippen molar-refractivity contribution >= 4 is 45.0 Å². The highest BCUT2D eigenvalue weighted by atomic mass is 79.9. The van der Waals surface area contributed by atoms with Gasteiger partial charge in [-0.2, -0.15) is 0 Å². The van der Waals surface area contributed by atoms with Crippen LogP contribution in [0.4, 0.5) is 0 Å². The molecule has 0 bridgehead atoms. The van der Waals surface area contributed by atoms with Gasteiger partial charge in [-0.3, -0.25) is 4.79 Å². The molecule has 1 aliphatic carbocycles. The summed E-state index contributed by atoms with van der Waals surface area (Å²) in [7, 11) is 0. The van der Waals surface area contributed by atoms with Crippen molar-refractivity contribution < 1.29 is 4.79 Å². The highest BCUT2D eigenvalue weighted by Gasteiger charge is 2.34. The van der Waals surface area contributed by atoms with Crippen LogP contribution < -0.4 is 5.32 Å². The van der Waals surface area contributed by atoms with Crippen LogP contribution in [-0.2, 0) is 0 Å². The molecule has 0 aliphatic heterocycles. The lowest BCUT2D eigenvalue weighted by Crippen LogP contribution is -2.47. The first kappa shape index (κ1) is 14.2. The molecule has 98 valence electrons. The lowest BCUT2D eigenvalue weighted by Gasteiger charge is -2.28. The zero-order chi connectivity index (χ0) is 13.2. The summed E-state index contributed by atoms with van der Waals surface area (Å²) in [5.41, 5.74) is 0.305. The van der Waals surface area contributed by atoms with Gasteiger partial charge in [0.15, 0.2) is 0 Å². The van der Waals surface area contributed by atoms with Gasteiger partial charge in [0.05, 0.1) is 21.1 Å². The Morgan fingerprint density at radius 1 is 1.33 bits per heavy atom. The van der Waals surface area contributed by atoms with Crippen LogP contribution in [0.3, 0.4) is 0 Å². The number of nitrogens with one attached hydrogen (secondary N) is 1. The van der Waals surface area contributed by atoms with Crippen LogP contribution in [0.25, 0.3) is 0 Å². The number of hydrogen-bond donors (Lipinski definition) is 1. The fraction of sp³-hybridized carbons (Fsp3) is 0.462. The minimum absolute atomic E-state index is 0.136. The number of carbonyl (C=O) groups excluding carboxylic acids is 1. The highest BCUT2D eigenvalue weighted by Crippen LogP contribution is 2.32. The monoisotopic (exact) mass is 349 g/mol. The Labute approximate surface area is 125 Å². The van der Waals surface area contributed by atoms with Crippen molar-refractivity contribution in [2.24, 2.45) is 0 Å². The van der Waals surface area contributed by atoms with E-state index in [0.29, 0.717) is 15.6 Å². The van der Waals surface area contributed by atoms with E-state index in [0.717, 1.165) is 31.0 Å². The molecule has 0 radical (unpaired) electrons. The van der Waals surface area contributed by atoms with Gasteiger partial charge in [0, 0.05) is 5.33 Å². The lowest BCUT2D eigenvalue weighted by atomic mass is 10.00. The number of alkyl halides is 1. The van der Waals surface area contributed by atoms with Gasteiger partial charge in [0.2, 0.25) is 0 Å². The van der Waals surface area contributed by atoms with Gasteiger partial charge in [-0.05, 0) is 25.0 Å². The highest BCUT2D eigenvalue weighted by molar-refractivity contribution is 9.09. The van der Waals surface area contributed by atoms with E-state index in [1.54, 1.807) is 18.2 Å². The second kappa shape index (κ2) is 5.81. The third-order valence-corrected chi connectivity index (χ3v) is 5.28. The van der Waals surface area contributed by atoms with Crippen molar-refractivity contribution in [1.29, 1.82) is 0 Å². The quantitative estimate of drug-likeness (QED) is 0.802. The van der Waals surface area contributed by atoms with Gasteiger partial charge in [-0.1, -0.05) is 58.0 Å². The molecule has 2 rings (SSSR count). The molecular formula is C13H14BrCl2NO. The average Bonchev–Trinajstić information content (AvgIpc) is 2.81. The Kier molecular flexibility index (Phi) is 4.57. The molecule has 2 nitrogen and oxygen atoms in total. The summed E-state index contributed by atoms with van der Waals surface area (Å²) < 4.78 is 0. The molecule has 0 heterocycles. The van der Waals surface area contributed by atoms with Crippen molar-refractivity contribution in [2.45, 2.75) is 31.2 Å². The van der Waals surface area contributed by atoms with Crippen LogP contribution in [0.2, 0.25) is 10.0 Å². The largest absolute Gasteiger partial charge is 0.346 e. The van der Waals surface area contributed by atoms with Gasteiger partial charge >= 0.3 is 0 Å². The molecule has 0 saturated heterocycles. The maximum atomic E-state index is 12.3. The van der Waals surface area contributed by atoms with E-state index in [4.69, 9.17) is 23.2 Å². The Morgan fingerprint density at radius 3 is 2.61 bits per heavy atom. The molecule has 1 aromatic carbocycles. The molecule has 0 unspecified atom stereocenters. The molecule has 1 saturated carbocycles. The number of carbonyl (C=O) groups is 1. The molecular weight excluding hydrogens is 337 g/mol. The standard InChI is InChI=1S/C13H14BrCl2NO/c14-8-13(6-1-2-7-13)17-12(18)9-4-3-5-10(15)11(9)16/h3-5H,1-2,6-8H2,(H,17,18). The number of halogens is 3. The minimum Gasteiger partial charge on any atom is -0.346 e. The summed E-state index contributed by atoms with van der Waals surface area (Å²) in [6.45, 7) is 0. The van der Waals surface area contributed by atoms with Gasteiger partial charge < -0.3 is 5.32 Å². The Bertz CT molecular complexity index is 458. The van der Waals surface area contributed by atoms with Gasteiger partial charge in [0.1, 0.15) is 0 Å². The summed E-state index contributed by atoms with van der Waals surface area (Å²) in [4.78, 5) is 12.3. The topological polar surface area (TPSA) is 29.1 Å². The van der Waals surface area contributed by atoms with Crippen LogP contribution in [0.15, 0.2) is 18.2 Å². The van der Waals surface area contributed by atoms with Crippen molar-refractivity contribution in [2.75, 3.05) is 5.33 Å². The number of hydrogen-bond acceptors (Lipinski definition) is 1. The Hall–Kier alpha value is -0.250. The van der Waals surface area contributed by atoms with E-state index in [-0.39, 0.29) is 11.4 Å². The molecule has 1 amide bonds. The average molecular weight is 351 g/mol. The van der Waals surface area contributed by atoms with Gasteiger partial charge in [-0.25, -0.2) is 0 Å². The summed E-state index contributed by atoms with van der Waals surface area (Å²) in [5, 5.41) is 4.59. The third kappa shape index (κ3) is 2.84. The zero-order valence-electron chi connectivity index (χ0n) is 9.81. The molecule has 1 N–H and O–H groups in total. The van der Waals surface area contributed by atoms with E-state index in [2.05, 4.69) is 21.2 Å². The van der Waals surface area contributed by atoms with Crippen molar-refractivity contribution in [1.82, 2.24) is 5.32 Å². The van der Waals surface area contributed by atoms with Crippen LogP contribution in [0.1, 0.15) is 36.0 Å². The molecule has 18 heavy (non-hydrogen) atoms. The maximum Gasteiger partial charge on any atom is 0.253 e. The molecule has 0 spiro atoms. The Morgan fingerprint density at radius 2 is 2.00 bits per heavy atom. The molecule has 1 aromatic rings. The van der Waals surface area contributed by atoms with E-state index in [1.165, 1.54) is 0 Å². The predicted molar refractivity (Wildman–Crippen MR) is 78.9 cm³/mol. The number of benzene rings is 1. The van der Waals surface area contributed by atoms with Crippen molar-refractivity contribution in [3.05, 3.63) is 33.8 Å². The summed E-state index contributed by atoms with van der Waals surface area (Å²) >= 11 is 15.5. The number of rotatable bonds is 3. The molecule has 1 fully saturated rings. The minimum atomic E-state index is -0.149. The second-order valence-corrected chi connectivity index (χ2v) is 6.02. The van der Waals surface area contributed by atoms with Crippen LogP contribution >= 0.6 is 39.1 Å². The number of amides is 1. The van der Waals surface area contributed by atoms with Crippen molar-refractivity contribution in [3.63, 3.8) is 0 Å². The van der Waals surface area contributed by atoms with Crippen LogP contribution in [-0.4, -0.2) is 16.8 Å². The first-order valence-corrected chi connectivity index (χ1v) is 7.78. The molecule has 5 heteroatoms. The van der Waals surface area contributed by atoms with E-state index >= 15 is 0 Å². The summed E-state index contributed by atoms with van der Waals surface area (Å²) in [5.74, 6) is -0.149. The summed E-state index contributed by atoms with van der Waals surface area (Å²) in [6.07, 6.45) is 4.30. The van der Waals surface area contributed by atoms with Gasteiger partial charge in [0.25, 0.3) is 5.91 Å². The lowest BCUT2D eigenvalue weighted by molar-refractivity contribution is 0.0910. The normalized spacial score (nSPS) is 17.7.